The first-order valence-corrected chi connectivity index (χ1v) is 2.78. The van der Waals surface area contributed by atoms with Gasteiger partial charge in [-0.05, 0) is 12.1 Å². The van der Waals surface area contributed by atoms with Crippen molar-refractivity contribution in [1.82, 2.24) is 11.1 Å². The van der Waals surface area contributed by atoms with E-state index in [1.165, 1.54) is 0 Å². The van der Waals surface area contributed by atoms with Crippen molar-refractivity contribution in [2.75, 3.05) is 0 Å². The van der Waals surface area contributed by atoms with Crippen molar-refractivity contribution in [3.8, 4) is 0 Å². The second kappa shape index (κ2) is 8.58. The van der Waals surface area contributed by atoms with Crippen molar-refractivity contribution in [2.45, 2.75) is 6.92 Å². The molecule has 0 aromatic carbocycles. The average Bonchev–Trinajstić information content (AvgIpc) is 1.90. The van der Waals surface area contributed by atoms with Crippen molar-refractivity contribution < 1.29 is 9.90 Å². The lowest BCUT2D eigenvalue weighted by molar-refractivity contribution is -0.134. The molecule has 4 nitrogen and oxygen atoms in total. The number of carboxylic acid groups (broad SMARTS) is 1. The van der Waals surface area contributed by atoms with E-state index in [1.54, 1.807) is 12.4 Å². The fourth-order valence-electron chi connectivity index (χ4n) is 0.313. The zero-order valence-corrected chi connectivity index (χ0v) is 6.40. The molecule has 0 aliphatic heterocycles. The van der Waals surface area contributed by atoms with Crippen LogP contribution in [-0.2, 0) is 4.79 Å². The van der Waals surface area contributed by atoms with Gasteiger partial charge in [0.1, 0.15) is 0 Å². The SMILES string of the molecule is CC(=O)O.N.c1ccncc1. The number of pyridine rings is 1. The molecule has 0 unspecified atom stereocenters. The van der Waals surface area contributed by atoms with E-state index >= 15 is 0 Å². The van der Waals surface area contributed by atoms with E-state index in [0.717, 1.165) is 6.92 Å². The van der Waals surface area contributed by atoms with Crippen LogP contribution >= 0.6 is 0 Å². The highest BCUT2D eigenvalue weighted by Gasteiger charge is 1.65. The van der Waals surface area contributed by atoms with Gasteiger partial charge in [0.15, 0.2) is 0 Å². The Morgan fingerprint density at radius 2 is 1.64 bits per heavy atom. The first-order valence-electron chi connectivity index (χ1n) is 2.78. The molecule has 1 rings (SSSR count). The summed E-state index contributed by atoms with van der Waals surface area (Å²) in [5.41, 5.74) is 0. The molecular weight excluding hydrogens is 144 g/mol. The van der Waals surface area contributed by atoms with Crippen LogP contribution in [0.5, 0.6) is 0 Å². The Morgan fingerprint density at radius 3 is 1.73 bits per heavy atom. The normalized spacial score (nSPS) is 6.64. The van der Waals surface area contributed by atoms with E-state index in [1.807, 2.05) is 18.2 Å². The number of carboxylic acids is 1. The maximum Gasteiger partial charge on any atom is 0.300 e. The second-order valence-electron chi connectivity index (χ2n) is 1.54. The van der Waals surface area contributed by atoms with Crippen molar-refractivity contribution in [3.63, 3.8) is 0 Å². The minimum Gasteiger partial charge on any atom is -0.481 e. The number of carbonyl (C=O) groups is 1. The molecule has 62 valence electrons. The summed E-state index contributed by atoms with van der Waals surface area (Å²) in [4.78, 5) is 12.8. The highest BCUT2D eigenvalue weighted by atomic mass is 16.4. The molecule has 1 aromatic rings. The molecule has 0 fully saturated rings. The maximum absolute atomic E-state index is 9.00. The van der Waals surface area contributed by atoms with Crippen molar-refractivity contribution in [3.05, 3.63) is 30.6 Å². The summed E-state index contributed by atoms with van der Waals surface area (Å²) in [6, 6.07) is 5.72. The molecule has 0 amide bonds. The van der Waals surface area contributed by atoms with Gasteiger partial charge in [-0.25, -0.2) is 0 Å². The van der Waals surface area contributed by atoms with Crippen molar-refractivity contribution in [1.29, 1.82) is 0 Å². The van der Waals surface area contributed by atoms with E-state index in [4.69, 9.17) is 9.90 Å². The number of aliphatic carboxylic acids is 1. The van der Waals surface area contributed by atoms with Gasteiger partial charge >= 0.3 is 0 Å². The lowest BCUT2D eigenvalue weighted by Crippen LogP contribution is -1.78. The Balaban J connectivity index is 0. The zero-order chi connectivity index (χ0) is 7.82. The van der Waals surface area contributed by atoms with Gasteiger partial charge < -0.3 is 11.3 Å². The van der Waals surface area contributed by atoms with E-state index < -0.39 is 5.97 Å². The lowest BCUT2D eigenvalue weighted by Gasteiger charge is -1.70. The van der Waals surface area contributed by atoms with Crippen molar-refractivity contribution in [2.24, 2.45) is 0 Å². The van der Waals surface area contributed by atoms with Crippen LogP contribution < -0.4 is 6.15 Å². The zero-order valence-electron chi connectivity index (χ0n) is 6.40. The molecule has 0 spiro atoms. The van der Waals surface area contributed by atoms with E-state index in [2.05, 4.69) is 4.98 Å². The average molecular weight is 156 g/mol. The summed E-state index contributed by atoms with van der Waals surface area (Å²) in [5.74, 6) is -0.833. The molecule has 4 heteroatoms. The standard InChI is InChI=1S/C5H5N.C2H4O2.H3N/c1-2-4-6-5-3-1;1-2(3)4;/h1-5H;1H3,(H,3,4);1H3. The largest absolute Gasteiger partial charge is 0.481 e. The van der Waals surface area contributed by atoms with Gasteiger partial charge in [0.05, 0.1) is 0 Å². The summed E-state index contributed by atoms with van der Waals surface area (Å²) in [5, 5.41) is 7.42. The molecule has 0 bridgehead atoms. The fraction of sp³-hybridized carbons (Fsp3) is 0.143. The lowest BCUT2D eigenvalue weighted by atomic mass is 10.5. The third-order valence-corrected chi connectivity index (χ3v) is 0.566. The minimum atomic E-state index is -0.833. The Labute approximate surface area is 65.5 Å². The first kappa shape index (κ1) is 12.3. The van der Waals surface area contributed by atoms with Gasteiger partial charge in [-0.2, -0.15) is 0 Å². The molecule has 0 saturated heterocycles. The summed E-state index contributed by atoms with van der Waals surface area (Å²) in [7, 11) is 0. The minimum absolute atomic E-state index is 0. The van der Waals surface area contributed by atoms with Gasteiger partial charge in [0, 0.05) is 19.3 Å². The summed E-state index contributed by atoms with van der Waals surface area (Å²) >= 11 is 0. The topological polar surface area (TPSA) is 85.2 Å². The third-order valence-electron chi connectivity index (χ3n) is 0.566. The third kappa shape index (κ3) is 17.7. The van der Waals surface area contributed by atoms with Gasteiger partial charge in [-0.15, -0.1) is 0 Å². The molecule has 0 saturated carbocycles. The molecule has 1 heterocycles. The molecule has 0 aliphatic carbocycles. The molecule has 0 aliphatic rings. The molecule has 4 N–H and O–H groups in total. The van der Waals surface area contributed by atoms with E-state index in [-0.39, 0.29) is 6.15 Å². The summed E-state index contributed by atoms with van der Waals surface area (Å²) < 4.78 is 0. The van der Waals surface area contributed by atoms with Gasteiger partial charge in [0.2, 0.25) is 0 Å². The number of hydrogen-bond acceptors (Lipinski definition) is 3. The quantitative estimate of drug-likeness (QED) is 0.593. The van der Waals surface area contributed by atoms with Crippen LogP contribution in [0.2, 0.25) is 0 Å². The van der Waals surface area contributed by atoms with Gasteiger partial charge in [-0.1, -0.05) is 6.07 Å². The summed E-state index contributed by atoms with van der Waals surface area (Å²) in [6.07, 6.45) is 3.50. The predicted octanol–water partition coefficient (Wildman–Crippen LogP) is 1.33. The molecule has 0 atom stereocenters. The number of aromatic nitrogens is 1. The molecular formula is C7H12N2O2. The predicted molar refractivity (Wildman–Crippen MR) is 42.6 cm³/mol. The maximum atomic E-state index is 9.00. The van der Waals surface area contributed by atoms with Gasteiger partial charge in [0.25, 0.3) is 5.97 Å². The highest BCUT2D eigenvalue weighted by molar-refractivity contribution is 5.62. The Hall–Kier alpha value is -1.42. The van der Waals surface area contributed by atoms with Crippen LogP contribution in [0.3, 0.4) is 0 Å². The number of hydrogen-bond donors (Lipinski definition) is 2. The first-order chi connectivity index (χ1) is 4.73. The van der Waals surface area contributed by atoms with Crippen LogP contribution in [0, 0.1) is 0 Å². The fourth-order valence-corrected chi connectivity index (χ4v) is 0.313. The smallest absolute Gasteiger partial charge is 0.300 e. The van der Waals surface area contributed by atoms with Crippen LogP contribution in [0.15, 0.2) is 30.6 Å². The summed E-state index contributed by atoms with van der Waals surface area (Å²) in [6.45, 7) is 1.08. The van der Waals surface area contributed by atoms with Crippen LogP contribution in [0.1, 0.15) is 6.92 Å². The monoisotopic (exact) mass is 156 g/mol. The Kier molecular flexibility index (Phi) is 9.57. The van der Waals surface area contributed by atoms with Crippen LogP contribution in [0.25, 0.3) is 0 Å². The Bertz CT molecular complexity index is 146. The number of rotatable bonds is 0. The highest BCUT2D eigenvalue weighted by Crippen LogP contribution is 1.73. The molecule has 0 radical (unpaired) electrons. The molecule has 1 aromatic heterocycles. The van der Waals surface area contributed by atoms with E-state index in [0.29, 0.717) is 0 Å². The van der Waals surface area contributed by atoms with Crippen molar-refractivity contribution >= 4 is 5.97 Å². The second-order valence-corrected chi connectivity index (χ2v) is 1.54. The molecule has 11 heavy (non-hydrogen) atoms. The number of nitrogens with zero attached hydrogens (tertiary/aromatic N) is 1. The van der Waals surface area contributed by atoms with Gasteiger partial charge in [-0.3, -0.25) is 9.78 Å². The Morgan fingerprint density at radius 1 is 1.27 bits per heavy atom. The van der Waals surface area contributed by atoms with Crippen LogP contribution in [-0.4, -0.2) is 16.1 Å². The van der Waals surface area contributed by atoms with E-state index in [9.17, 15) is 0 Å². The van der Waals surface area contributed by atoms with Crippen LogP contribution in [0.4, 0.5) is 0 Å².